The van der Waals surface area contributed by atoms with Crippen LogP contribution in [0.25, 0.3) is 0 Å². The van der Waals surface area contributed by atoms with Gasteiger partial charge in [-0.1, -0.05) is 0 Å². The van der Waals surface area contributed by atoms with E-state index in [9.17, 15) is 0 Å². The van der Waals surface area contributed by atoms with Crippen molar-refractivity contribution in [2.45, 2.75) is 26.9 Å². The van der Waals surface area contributed by atoms with E-state index in [2.05, 4.69) is 20.7 Å². The van der Waals surface area contributed by atoms with Crippen LogP contribution in [0.1, 0.15) is 22.1 Å². The molecule has 5 heteroatoms. The first-order chi connectivity index (χ1) is 8.67. The first-order valence-corrected chi connectivity index (χ1v) is 6.68. The van der Waals surface area contributed by atoms with Crippen molar-refractivity contribution in [1.82, 2.24) is 15.3 Å². The molecule has 0 aliphatic carbocycles. The predicted molar refractivity (Wildman–Crippen MR) is 72.9 cm³/mol. The third-order valence-corrected chi connectivity index (χ3v) is 3.43. The van der Waals surface area contributed by atoms with Crippen molar-refractivity contribution in [1.29, 1.82) is 0 Å². The molecule has 2 aromatic heterocycles. The third kappa shape index (κ3) is 3.51. The highest BCUT2D eigenvalue weighted by atomic mass is 32.1. The van der Waals surface area contributed by atoms with Crippen molar-refractivity contribution in [3.05, 3.63) is 39.6 Å². The van der Waals surface area contributed by atoms with Gasteiger partial charge in [-0.05, 0) is 13.8 Å². The lowest BCUT2D eigenvalue weighted by Crippen LogP contribution is -2.14. The molecule has 0 saturated carbocycles. The van der Waals surface area contributed by atoms with Crippen molar-refractivity contribution in [3.8, 4) is 5.75 Å². The van der Waals surface area contributed by atoms with E-state index in [0.717, 1.165) is 40.9 Å². The minimum Gasteiger partial charge on any atom is -0.497 e. The van der Waals surface area contributed by atoms with Crippen LogP contribution in [-0.2, 0) is 13.1 Å². The first-order valence-electron chi connectivity index (χ1n) is 5.80. The van der Waals surface area contributed by atoms with Crippen molar-refractivity contribution < 1.29 is 4.74 Å². The quantitative estimate of drug-likeness (QED) is 0.900. The summed E-state index contributed by atoms with van der Waals surface area (Å²) in [6.45, 7) is 5.47. The summed E-state index contributed by atoms with van der Waals surface area (Å²) in [6, 6.07) is 3.88. The van der Waals surface area contributed by atoms with Gasteiger partial charge in [-0.25, -0.2) is 4.98 Å². The zero-order valence-corrected chi connectivity index (χ0v) is 11.7. The average molecular weight is 263 g/mol. The molecule has 0 aromatic carbocycles. The highest BCUT2D eigenvalue weighted by Gasteiger charge is 2.02. The van der Waals surface area contributed by atoms with Gasteiger partial charge in [0.15, 0.2) is 0 Å². The van der Waals surface area contributed by atoms with Crippen molar-refractivity contribution in [2.75, 3.05) is 7.11 Å². The largest absolute Gasteiger partial charge is 0.497 e. The minimum atomic E-state index is 0.719. The van der Waals surface area contributed by atoms with Gasteiger partial charge in [-0.15, -0.1) is 11.3 Å². The Kier molecular flexibility index (Phi) is 4.28. The standard InChI is InChI=1S/C13H17N3OS/c1-9-4-12(17-3)5-11(15-9)6-14-7-13-16-10(2)8-18-13/h4-5,8,14H,6-7H2,1-3H3. The van der Waals surface area contributed by atoms with Crippen molar-refractivity contribution in [3.63, 3.8) is 0 Å². The Morgan fingerprint density at radius 3 is 2.67 bits per heavy atom. The van der Waals surface area contributed by atoms with E-state index in [0.29, 0.717) is 0 Å². The summed E-state index contributed by atoms with van der Waals surface area (Å²) in [4.78, 5) is 8.86. The molecule has 0 unspecified atom stereocenters. The summed E-state index contributed by atoms with van der Waals surface area (Å²) in [5.74, 6) is 0.851. The SMILES string of the molecule is COc1cc(C)nc(CNCc2nc(C)cs2)c1. The lowest BCUT2D eigenvalue weighted by atomic mass is 10.3. The van der Waals surface area contributed by atoms with E-state index in [1.807, 2.05) is 26.0 Å². The maximum atomic E-state index is 5.23. The number of ether oxygens (including phenoxy) is 1. The smallest absolute Gasteiger partial charge is 0.122 e. The molecule has 0 bridgehead atoms. The maximum Gasteiger partial charge on any atom is 0.122 e. The molecule has 2 heterocycles. The second-order valence-electron chi connectivity index (χ2n) is 4.13. The molecule has 2 aromatic rings. The van der Waals surface area contributed by atoms with Gasteiger partial charge in [0.05, 0.1) is 12.8 Å². The van der Waals surface area contributed by atoms with Crippen molar-refractivity contribution >= 4 is 11.3 Å². The molecular weight excluding hydrogens is 246 g/mol. The van der Waals surface area contributed by atoms with Crippen LogP contribution in [0.4, 0.5) is 0 Å². The van der Waals surface area contributed by atoms with Gasteiger partial charge in [0.1, 0.15) is 10.8 Å². The molecule has 0 atom stereocenters. The first kappa shape index (κ1) is 13.0. The monoisotopic (exact) mass is 263 g/mol. The fraction of sp³-hybridized carbons (Fsp3) is 0.385. The normalized spacial score (nSPS) is 10.6. The van der Waals surface area contributed by atoms with E-state index in [1.165, 1.54) is 0 Å². The highest BCUT2D eigenvalue weighted by molar-refractivity contribution is 7.09. The van der Waals surface area contributed by atoms with Crippen LogP contribution in [-0.4, -0.2) is 17.1 Å². The fourth-order valence-electron chi connectivity index (χ4n) is 1.69. The lowest BCUT2D eigenvalue weighted by molar-refractivity contribution is 0.412. The number of pyridine rings is 1. The summed E-state index contributed by atoms with van der Waals surface area (Å²) in [5, 5.41) is 6.50. The van der Waals surface area contributed by atoms with E-state index in [-0.39, 0.29) is 0 Å². The van der Waals surface area contributed by atoms with Gasteiger partial charge in [-0.2, -0.15) is 0 Å². The molecule has 2 rings (SSSR count). The number of aryl methyl sites for hydroxylation is 2. The Morgan fingerprint density at radius 1 is 1.17 bits per heavy atom. The van der Waals surface area contributed by atoms with Gasteiger partial charge < -0.3 is 10.1 Å². The van der Waals surface area contributed by atoms with Crippen LogP contribution >= 0.6 is 11.3 Å². The molecule has 1 N–H and O–H groups in total. The van der Waals surface area contributed by atoms with E-state index < -0.39 is 0 Å². The summed E-state index contributed by atoms with van der Waals surface area (Å²) in [6.07, 6.45) is 0. The summed E-state index contributed by atoms with van der Waals surface area (Å²) >= 11 is 1.68. The topological polar surface area (TPSA) is 47.0 Å². The lowest BCUT2D eigenvalue weighted by Gasteiger charge is -2.06. The molecule has 0 aliphatic rings. The molecule has 96 valence electrons. The minimum absolute atomic E-state index is 0.719. The van der Waals surface area contributed by atoms with Gasteiger partial charge in [0.2, 0.25) is 0 Å². The van der Waals surface area contributed by atoms with Gasteiger partial charge in [0.25, 0.3) is 0 Å². The van der Waals surface area contributed by atoms with Crippen LogP contribution in [0.3, 0.4) is 0 Å². The average Bonchev–Trinajstić information content (AvgIpc) is 2.74. The molecule has 0 radical (unpaired) electrons. The highest BCUT2D eigenvalue weighted by Crippen LogP contribution is 2.13. The number of hydrogen-bond acceptors (Lipinski definition) is 5. The van der Waals surface area contributed by atoms with Crippen LogP contribution in [0, 0.1) is 13.8 Å². The number of hydrogen-bond donors (Lipinski definition) is 1. The Labute approximate surface area is 111 Å². The van der Waals surface area contributed by atoms with Gasteiger partial charge >= 0.3 is 0 Å². The number of rotatable bonds is 5. The molecule has 18 heavy (non-hydrogen) atoms. The molecule has 0 spiro atoms. The number of nitrogens with one attached hydrogen (secondary N) is 1. The fourth-order valence-corrected chi connectivity index (χ4v) is 2.43. The predicted octanol–water partition coefficient (Wildman–Crippen LogP) is 2.45. The van der Waals surface area contributed by atoms with Crippen LogP contribution < -0.4 is 10.1 Å². The summed E-state index contributed by atoms with van der Waals surface area (Å²) in [5.41, 5.74) is 3.03. The summed E-state index contributed by atoms with van der Waals surface area (Å²) in [7, 11) is 1.67. The Hall–Kier alpha value is -1.46. The maximum absolute atomic E-state index is 5.23. The second-order valence-corrected chi connectivity index (χ2v) is 5.07. The number of aromatic nitrogens is 2. The number of thiazole rings is 1. The Morgan fingerprint density at radius 2 is 2.00 bits per heavy atom. The van der Waals surface area contributed by atoms with E-state index in [1.54, 1.807) is 18.4 Å². The zero-order valence-electron chi connectivity index (χ0n) is 10.9. The molecular formula is C13H17N3OS. The zero-order chi connectivity index (χ0) is 13.0. The Balaban J connectivity index is 1.91. The molecule has 0 amide bonds. The van der Waals surface area contributed by atoms with Gasteiger partial charge in [-0.3, -0.25) is 4.98 Å². The molecule has 0 saturated heterocycles. The van der Waals surface area contributed by atoms with Crippen molar-refractivity contribution in [2.24, 2.45) is 0 Å². The van der Waals surface area contributed by atoms with E-state index in [4.69, 9.17) is 4.74 Å². The number of methoxy groups -OCH3 is 1. The summed E-state index contributed by atoms with van der Waals surface area (Å²) < 4.78 is 5.23. The van der Waals surface area contributed by atoms with Crippen LogP contribution in [0.2, 0.25) is 0 Å². The molecule has 0 fully saturated rings. The second kappa shape index (κ2) is 5.93. The molecule has 0 aliphatic heterocycles. The third-order valence-electron chi connectivity index (χ3n) is 2.46. The van der Waals surface area contributed by atoms with Crippen LogP contribution in [0.15, 0.2) is 17.5 Å². The van der Waals surface area contributed by atoms with Crippen LogP contribution in [0.5, 0.6) is 5.75 Å². The van der Waals surface area contributed by atoms with Gasteiger partial charge in [0, 0.05) is 42.0 Å². The Bertz CT molecular complexity index is 525. The molecule has 4 nitrogen and oxygen atoms in total. The van der Waals surface area contributed by atoms with E-state index >= 15 is 0 Å². The number of nitrogens with zero attached hydrogens (tertiary/aromatic N) is 2.